The van der Waals surface area contributed by atoms with Gasteiger partial charge in [-0.25, -0.2) is 9.97 Å². The van der Waals surface area contributed by atoms with E-state index in [1.165, 1.54) is 0 Å². The number of ether oxygens (including phenoxy) is 3. The smallest absolute Gasteiger partial charge is 0.289 e. The summed E-state index contributed by atoms with van der Waals surface area (Å²) in [4.78, 5) is 30.3. The quantitative estimate of drug-likeness (QED) is 0.456. The average Bonchev–Trinajstić information content (AvgIpc) is 2.94. The number of amides is 1. The van der Waals surface area contributed by atoms with Crippen LogP contribution < -0.4 is 19.7 Å². The normalized spacial score (nSPS) is 19.9. The molecule has 0 spiro atoms. The summed E-state index contributed by atoms with van der Waals surface area (Å²) in [7, 11) is 3.96. The molecule has 0 unspecified atom stereocenters. The third-order valence-electron chi connectivity index (χ3n) is 6.95. The molecular formula is C28H36N6O4. The number of carbonyl (C=O) groups excluding carboxylic acids is 1. The first-order valence-electron chi connectivity index (χ1n) is 13.3. The number of rotatable bonds is 9. The number of likely N-dealkylation sites (N-methyl/N-ethyl adjacent to an activating group) is 1. The van der Waals surface area contributed by atoms with Gasteiger partial charge in [0.05, 0.1) is 25.6 Å². The van der Waals surface area contributed by atoms with E-state index < -0.39 is 0 Å². The Kier molecular flexibility index (Phi) is 8.50. The van der Waals surface area contributed by atoms with Crippen molar-refractivity contribution < 1.29 is 19.0 Å². The highest BCUT2D eigenvalue weighted by atomic mass is 16.5. The SMILES string of the molecule is CN(C)CCOc1cnc(C(=O)NC2CCC(Oc3nc(N4CCOCC4)cc4ccccc34)CC2)nc1. The molecule has 2 fully saturated rings. The second-order valence-electron chi connectivity index (χ2n) is 10.1. The number of hydrogen-bond donors (Lipinski definition) is 1. The lowest BCUT2D eigenvalue weighted by atomic mass is 9.93. The lowest BCUT2D eigenvalue weighted by Crippen LogP contribution is -2.40. The van der Waals surface area contributed by atoms with Crippen LogP contribution in [0.15, 0.2) is 42.7 Å². The summed E-state index contributed by atoms with van der Waals surface area (Å²) >= 11 is 0. The molecule has 3 heterocycles. The molecule has 0 atom stereocenters. The first kappa shape index (κ1) is 26.1. The molecule has 1 aliphatic heterocycles. The fraction of sp³-hybridized carbons (Fsp3) is 0.500. The van der Waals surface area contributed by atoms with Gasteiger partial charge in [-0.3, -0.25) is 4.79 Å². The zero-order valence-electron chi connectivity index (χ0n) is 22.1. The molecular weight excluding hydrogens is 484 g/mol. The van der Waals surface area contributed by atoms with E-state index >= 15 is 0 Å². The van der Waals surface area contributed by atoms with Gasteiger partial charge in [-0.1, -0.05) is 18.2 Å². The summed E-state index contributed by atoms with van der Waals surface area (Å²) in [5.74, 6) is 2.05. The summed E-state index contributed by atoms with van der Waals surface area (Å²) < 4.78 is 17.6. The second-order valence-corrected chi connectivity index (χ2v) is 10.1. The van der Waals surface area contributed by atoms with Crippen LogP contribution in [0.3, 0.4) is 0 Å². The van der Waals surface area contributed by atoms with Crippen molar-refractivity contribution in [3.05, 3.63) is 48.5 Å². The van der Waals surface area contributed by atoms with E-state index in [9.17, 15) is 4.79 Å². The molecule has 1 aromatic carbocycles. The minimum absolute atomic E-state index is 0.0499. The van der Waals surface area contributed by atoms with Crippen LogP contribution in [0.2, 0.25) is 0 Å². The van der Waals surface area contributed by atoms with Crippen molar-refractivity contribution >= 4 is 22.5 Å². The zero-order chi connectivity index (χ0) is 26.3. The van der Waals surface area contributed by atoms with E-state index in [0.29, 0.717) is 31.5 Å². The van der Waals surface area contributed by atoms with E-state index in [2.05, 4.69) is 38.4 Å². The molecule has 1 saturated heterocycles. The standard InChI is InChI=1S/C28H36N6O4/c1-33(2)11-16-37-23-18-29-26(30-19-23)27(35)31-21-7-9-22(10-8-21)38-28-24-6-4-3-5-20(24)17-25(32-28)34-12-14-36-15-13-34/h3-6,17-19,21-22H,7-16H2,1-2H3,(H,31,35). The van der Waals surface area contributed by atoms with Crippen LogP contribution in [0.4, 0.5) is 5.82 Å². The second kappa shape index (κ2) is 12.4. The molecule has 2 aliphatic rings. The van der Waals surface area contributed by atoms with Crippen LogP contribution in [0.25, 0.3) is 10.8 Å². The Morgan fingerprint density at radius 2 is 1.84 bits per heavy atom. The fourth-order valence-corrected chi connectivity index (χ4v) is 4.78. The minimum Gasteiger partial charge on any atom is -0.489 e. The number of fused-ring (bicyclic) bond motifs is 1. The van der Waals surface area contributed by atoms with Crippen molar-refractivity contribution in [3.8, 4) is 11.6 Å². The van der Waals surface area contributed by atoms with Gasteiger partial charge < -0.3 is 29.3 Å². The van der Waals surface area contributed by atoms with Crippen LogP contribution in [0.5, 0.6) is 11.6 Å². The molecule has 1 saturated carbocycles. The summed E-state index contributed by atoms with van der Waals surface area (Å²) in [6.45, 7) is 4.40. The van der Waals surface area contributed by atoms with Crippen molar-refractivity contribution in [1.29, 1.82) is 0 Å². The van der Waals surface area contributed by atoms with Crippen LogP contribution in [-0.2, 0) is 4.74 Å². The first-order valence-corrected chi connectivity index (χ1v) is 13.3. The molecule has 0 bridgehead atoms. The van der Waals surface area contributed by atoms with Gasteiger partial charge in [-0.05, 0) is 57.3 Å². The van der Waals surface area contributed by atoms with Gasteiger partial charge in [0.25, 0.3) is 5.91 Å². The molecule has 1 amide bonds. The van der Waals surface area contributed by atoms with E-state index in [1.54, 1.807) is 12.4 Å². The Hall–Kier alpha value is -3.50. The highest BCUT2D eigenvalue weighted by molar-refractivity contribution is 5.90. The molecule has 1 N–H and O–H groups in total. The van der Waals surface area contributed by atoms with Crippen LogP contribution in [-0.4, -0.2) is 91.5 Å². The Morgan fingerprint density at radius 1 is 1.11 bits per heavy atom. The number of benzene rings is 1. The topological polar surface area (TPSA) is 102 Å². The van der Waals surface area contributed by atoms with Gasteiger partial charge in [0, 0.05) is 31.1 Å². The van der Waals surface area contributed by atoms with Crippen LogP contribution >= 0.6 is 0 Å². The predicted octanol–water partition coefficient (Wildman–Crippen LogP) is 2.92. The molecule has 10 heteroatoms. The largest absolute Gasteiger partial charge is 0.489 e. The Balaban J connectivity index is 1.15. The zero-order valence-corrected chi connectivity index (χ0v) is 22.1. The Bertz CT molecular complexity index is 1210. The van der Waals surface area contributed by atoms with E-state index in [4.69, 9.17) is 19.2 Å². The molecule has 0 radical (unpaired) electrons. The molecule has 5 rings (SSSR count). The third kappa shape index (κ3) is 6.68. The van der Waals surface area contributed by atoms with Gasteiger partial charge in [0.1, 0.15) is 18.5 Å². The Morgan fingerprint density at radius 3 is 2.58 bits per heavy atom. The van der Waals surface area contributed by atoms with Gasteiger partial charge in [-0.15, -0.1) is 0 Å². The third-order valence-corrected chi connectivity index (χ3v) is 6.95. The van der Waals surface area contributed by atoms with E-state index in [1.807, 2.05) is 31.1 Å². The average molecular weight is 521 g/mol. The summed E-state index contributed by atoms with van der Waals surface area (Å²) in [6.07, 6.45) is 6.46. The number of nitrogens with zero attached hydrogens (tertiary/aromatic N) is 5. The highest BCUT2D eigenvalue weighted by Crippen LogP contribution is 2.31. The van der Waals surface area contributed by atoms with E-state index in [0.717, 1.165) is 61.9 Å². The number of nitrogens with one attached hydrogen (secondary N) is 1. The van der Waals surface area contributed by atoms with Crippen LogP contribution in [0, 0.1) is 0 Å². The summed E-state index contributed by atoms with van der Waals surface area (Å²) in [5, 5.41) is 5.22. The van der Waals surface area contributed by atoms with Gasteiger partial charge >= 0.3 is 0 Å². The van der Waals surface area contributed by atoms with Crippen molar-refractivity contribution in [2.75, 3.05) is 58.5 Å². The van der Waals surface area contributed by atoms with Crippen molar-refractivity contribution in [2.24, 2.45) is 0 Å². The van der Waals surface area contributed by atoms with Crippen molar-refractivity contribution in [3.63, 3.8) is 0 Å². The van der Waals surface area contributed by atoms with Gasteiger partial charge in [0.2, 0.25) is 11.7 Å². The lowest BCUT2D eigenvalue weighted by Gasteiger charge is -2.31. The molecule has 202 valence electrons. The lowest BCUT2D eigenvalue weighted by molar-refractivity contribution is 0.0881. The number of anilines is 1. The first-order chi connectivity index (χ1) is 18.5. The van der Waals surface area contributed by atoms with Gasteiger partial charge in [0.15, 0.2) is 5.75 Å². The molecule has 2 aromatic heterocycles. The summed E-state index contributed by atoms with van der Waals surface area (Å²) in [6, 6.07) is 10.4. The molecule has 10 nitrogen and oxygen atoms in total. The predicted molar refractivity (Wildman–Crippen MR) is 145 cm³/mol. The minimum atomic E-state index is -0.264. The number of pyridine rings is 1. The molecule has 38 heavy (non-hydrogen) atoms. The molecule has 3 aromatic rings. The fourth-order valence-electron chi connectivity index (χ4n) is 4.78. The van der Waals surface area contributed by atoms with E-state index in [-0.39, 0.29) is 23.9 Å². The van der Waals surface area contributed by atoms with Crippen molar-refractivity contribution in [2.45, 2.75) is 37.8 Å². The number of aromatic nitrogens is 3. The van der Waals surface area contributed by atoms with Crippen molar-refractivity contribution in [1.82, 2.24) is 25.2 Å². The maximum absolute atomic E-state index is 12.7. The Labute approximate surface area is 223 Å². The van der Waals surface area contributed by atoms with Gasteiger partial charge in [-0.2, -0.15) is 4.98 Å². The number of morpholine rings is 1. The maximum atomic E-state index is 12.7. The highest BCUT2D eigenvalue weighted by Gasteiger charge is 2.26. The maximum Gasteiger partial charge on any atom is 0.289 e. The van der Waals surface area contributed by atoms with Crippen LogP contribution in [0.1, 0.15) is 36.3 Å². The molecule has 1 aliphatic carbocycles. The number of hydrogen-bond acceptors (Lipinski definition) is 9. The summed E-state index contributed by atoms with van der Waals surface area (Å²) in [5.41, 5.74) is 0. The number of carbonyl (C=O) groups is 1. The monoisotopic (exact) mass is 520 g/mol.